The number of ether oxygens (including phenoxy) is 5. The number of hydrogen-bond donors (Lipinski definition) is 0. The van der Waals surface area contributed by atoms with Gasteiger partial charge in [0, 0.05) is 31.8 Å². The van der Waals surface area contributed by atoms with Crippen molar-refractivity contribution >= 4 is 16.9 Å². The van der Waals surface area contributed by atoms with Crippen molar-refractivity contribution in [1.29, 1.82) is 0 Å². The highest BCUT2D eigenvalue weighted by atomic mass is 16.5. The standard InChI is InChI=1S/C25H29N3O6/c1-30-22-16-20(33-10-4-7-28-8-11-32-12-9-28)15-21-24(22)25(27-17-26-21)34-19-6-3-5-18(13-19)14-23(29)31-2/h3,5-6,13,15-17H,4,7-12,14H2,1-2H3. The van der Waals surface area contributed by atoms with Gasteiger partial charge in [0.25, 0.3) is 0 Å². The summed E-state index contributed by atoms with van der Waals surface area (Å²) in [6.07, 6.45) is 2.52. The Hall–Kier alpha value is -3.43. The van der Waals surface area contributed by atoms with E-state index in [1.807, 2.05) is 24.3 Å². The Balaban J connectivity index is 1.47. The van der Waals surface area contributed by atoms with Crippen LogP contribution < -0.4 is 14.2 Å². The van der Waals surface area contributed by atoms with Crippen LogP contribution in [0.25, 0.3) is 10.9 Å². The molecule has 1 aliphatic rings. The molecule has 1 aliphatic heterocycles. The van der Waals surface area contributed by atoms with Gasteiger partial charge in [-0.3, -0.25) is 9.69 Å². The zero-order chi connectivity index (χ0) is 23.8. The van der Waals surface area contributed by atoms with Crippen LogP contribution in [-0.4, -0.2) is 74.5 Å². The molecule has 3 aromatic rings. The molecule has 9 heteroatoms. The van der Waals surface area contributed by atoms with Crippen LogP contribution >= 0.6 is 0 Å². The second kappa shape index (κ2) is 11.6. The Morgan fingerprint density at radius 3 is 2.74 bits per heavy atom. The van der Waals surface area contributed by atoms with Gasteiger partial charge in [0.1, 0.15) is 29.0 Å². The molecule has 1 aromatic heterocycles. The van der Waals surface area contributed by atoms with Crippen LogP contribution in [0.15, 0.2) is 42.7 Å². The van der Waals surface area contributed by atoms with Crippen molar-refractivity contribution in [2.24, 2.45) is 0 Å². The van der Waals surface area contributed by atoms with Crippen LogP contribution in [0.2, 0.25) is 0 Å². The second-order valence-corrected chi connectivity index (χ2v) is 7.86. The van der Waals surface area contributed by atoms with Crippen LogP contribution in [0, 0.1) is 0 Å². The number of morpholine rings is 1. The fraction of sp³-hybridized carbons (Fsp3) is 0.400. The molecule has 34 heavy (non-hydrogen) atoms. The third-order valence-corrected chi connectivity index (χ3v) is 5.54. The summed E-state index contributed by atoms with van der Waals surface area (Å²) in [5.74, 6) is 1.82. The smallest absolute Gasteiger partial charge is 0.309 e. The molecular weight excluding hydrogens is 438 g/mol. The van der Waals surface area contributed by atoms with E-state index in [2.05, 4.69) is 14.9 Å². The third kappa shape index (κ3) is 6.12. The van der Waals surface area contributed by atoms with E-state index >= 15 is 0 Å². The molecule has 2 heterocycles. The summed E-state index contributed by atoms with van der Waals surface area (Å²) in [6.45, 7) is 5.09. The van der Waals surface area contributed by atoms with E-state index in [1.54, 1.807) is 19.2 Å². The van der Waals surface area contributed by atoms with Gasteiger partial charge < -0.3 is 23.7 Å². The second-order valence-electron chi connectivity index (χ2n) is 7.86. The number of methoxy groups -OCH3 is 2. The number of hydrogen-bond acceptors (Lipinski definition) is 9. The molecule has 9 nitrogen and oxygen atoms in total. The maximum Gasteiger partial charge on any atom is 0.309 e. The first-order valence-corrected chi connectivity index (χ1v) is 11.3. The summed E-state index contributed by atoms with van der Waals surface area (Å²) in [4.78, 5) is 22.7. The lowest BCUT2D eigenvalue weighted by atomic mass is 10.1. The molecule has 0 unspecified atom stereocenters. The number of aromatic nitrogens is 2. The highest BCUT2D eigenvalue weighted by molar-refractivity contribution is 5.91. The van der Waals surface area contributed by atoms with Gasteiger partial charge in [-0.25, -0.2) is 9.97 Å². The van der Waals surface area contributed by atoms with Crippen molar-refractivity contribution in [3.63, 3.8) is 0 Å². The third-order valence-electron chi connectivity index (χ3n) is 5.54. The van der Waals surface area contributed by atoms with Crippen molar-refractivity contribution in [3.8, 4) is 23.1 Å². The molecule has 1 saturated heterocycles. The molecule has 0 N–H and O–H groups in total. The van der Waals surface area contributed by atoms with Crippen molar-refractivity contribution in [1.82, 2.24) is 14.9 Å². The quantitative estimate of drug-likeness (QED) is 0.329. The molecule has 4 rings (SSSR count). The highest BCUT2D eigenvalue weighted by Gasteiger charge is 2.15. The lowest BCUT2D eigenvalue weighted by Gasteiger charge is -2.26. The van der Waals surface area contributed by atoms with Gasteiger partial charge in [0.15, 0.2) is 0 Å². The summed E-state index contributed by atoms with van der Waals surface area (Å²) in [5.41, 5.74) is 1.43. The predicted molar refractivity (Wildman–Crippen MR) is 126 cm³/mol. The molecule has 0 aliphatic carbocycles. The Morgan fingerprint density at radius 2 is 1.94 bits per heavy atom. The average molecular weight is 468 g/mol. The number of fused-ring (bicyclic) bond motifs is 1. The van der Waals surface area contributed by atoms with Crippen LogP contribution in [0.3, 0.4) is 0 Å². The first-order chi connectivity index (χ1) is 16.7. The molecule has 1 fully saturated rings. The number of nitrogens with zero attached hydrogens (tertiary/aromatic N) is 3. The molecule has 180 valence electrons. The van der Waals surface area contributed by atoms with Crippen molar-refractivity contribution in [2.45, 2.75) is 12.8 Å². The average Bonchev–Trinajstić information content (AvgIpc) is 2.87. The van der Waals surface area contributed by atoms with E-state index in [4.69, 9.17) is 23.7 Å². The van der Waals surface area contributed by atoms with E-state index in [0.717, 1.165) is 44.8 Å². The predicted octanol–water partition coefficient (Wildman–Crippen LogP) is 3.25. The number of carbonyl (C=O) groups excluding carboxylic acids is 1. The van der Waals surface area contributed by atoms with Gasteiger partial charge in [0.2, 0.25) is 5.88 Å². The van der Waals surface area contributed by atoms with Crippen LogP contribution in [0.5, 0.6) is 23.1 Å². The van der Waals surface area contributed by atoms with Gasteiger partial charge in [0.05, 0.1) is 46.0 Å². The van der Waals surface area contributed by atoms with E-state index in [1.165, 1.54) is 13.4 Å². The highest BCUT2D eigenvalue weighted by Crippen LogP contribution is 2.37. The summed E-state index contributed by atoms with van der Waals surface area (Å²) in [6, 6.07) is 10.9. The Labute approximate surface area is 198 Å². The first-order valence-electron chi connectivity index (χ1n) is 11.3. The summed E-state index contributed by atoms with van der Waals surface area (Å²) < 4.78 is 27.8. The van der Waals surface area contributed by atoms with Gasteiger partial charge in [-0.1, -0.05) is 12.1 Å². The molecule has 0 spiro atoms. The molecule has 0 saturated carbocycles. The van der Waals surface area contributed by atoms with Gasteiger partial charge in [-0.2, -0.15) is 0 Å². The molecule has 0 atom stereocenters. The zero-order valence-corrected chi connectivity index (χ0v) is 19.5. The maximum absolute atomic E-state index is 11.6. The minimum absolute atomic E-state index is 0.160. The lowest BCUT2D eigenvalue weighted by Crippen LogP contribution is -2.37. The Morgan fingerprint density at radius 1 is 1.09 bits per heavy atom. The SMILES string of the molecule is COC(=O)Cc1cccc(Oc2ncnc3cc(OCCCN4CCOCC4)cc(OC)c23)c1. The lowest BCUT2D eigenvalue weighted by molar-refractivity contribution is -0.139. The fourth-order valence-electron chi connectivity index (χ4n) is 3.80. The summed E-state index contributed by atoms with van der Waals surface area (Å²) >= 11 is 0. The number of rotatable bonds is 10. The summed E-state index contributed by atoms with van der Waals surface area (Å²) in [7, 11) is 2.95. The van der Waals surface area contributed by atoms with Crippen LogP contribution in [0.4, 0.5) is 0 Å². The van der Waals surface area contributed by atoms with Gasteiger partial charge >= 0.3 is 5.97 Å². The van der Waals surface area contributed by atoms with E-state index in [9.17, 15) is 4.79 Å². The number of benzene rings is 2. The normalized spacial score (nSPS) is 14.1. The molecule has 0 bridgehead atoms. The zero-order valence-electron chi connectivity index (χ0n) is 19.5. The number of carbonyl (C=O) groups is 1. The summed E-state index contributed by atoms with van der Waals surface area (Å²) in [5, 5.41) is 0.643. The minimum atomic E-state index is -0.316. The maximum atomic E-state index is 11.6. The van der Waals surface area contributed by atoms with E-state index < -0.39 is 0 Å². The van der Waals surface area contributed by atoms with E-state index in [-0.39, 0.29) is 12.4 Å². The van der Waals surface area contributed by atoms with E-state index in [0.29, 0.717) is 40.6 Å². The Bertz CT molecular complexity index is 1120. The molecular formula is C25H29N3O6. The largest absolute Gasteiger partial charge is 0.496 e. The van der Waals surface area contributed by atoms with Crippen molar-refractivity contribution < 1.29 is 28.5 Å². The Kier molecular flexibility index (Phi) is 8.11. The monoisotopic (exact) mass is 467 g/mol. The van der Waals surface area contributed by atoms with Gasteiger partial charge in [-0.15, -0.1) is 0 Å². The molecule has 0 amide bonds. The fourth-order valence-corrected chi connectivity index (χ4v) is 3.80. The molecule has 2 aromatic carbocycles. The first kappa shape index (κ1) is 23.7. The minimum Gasteiger partial charge on any atom is -0.496 e. The van der Waals surface area contributed by atoms with Crippen LogP contribution in [0.1, 0.15) is 12.0 Å². The van der Waals surface area contributed by atoms with Gasteiger partial charge in [-0.05, 0) is 24.1 Å². The molecule has 0 radical (unpaired) electrons. The number of esters is 1. The van der Waals surface area contributed by atoms with Crippen molar-refractivity contribution in [2.75, 3.05) is 53.7 Å². The topological polar surface area (TPSA) is 92.2 Å². The van der Waals surface area contributed by atoms with Crippen molar-refractivity contribution in [3.05, 3.63) is 48.3 Å². The van der Waals surface area contributed by atoms with Crippen LogP contribution in [-0.2, 0) is 20.7 Å².